The second-order valence-electron chi connectivity index (χ2n) is 4.25. The maximum atomic E-state index is 7.39. The van der Waals surface area contributed by atoms with Crippen molar-refractivity contribution in [2.75, 3.05) is 0 Å². The van der Waals surface area contributed by atoms with Crippen LogP contribution in [0.25, 0.3) is 0 Å². The van der Waals surface area contributed by atoms with Gasteiger partial charge in [0.15, 0.2) is 0 Å². The minimum Gasteiger partial charge on any atom is -0.489 e. The van der Waals surface area contributed by atoms with E-state index >= 15 is 0 Å². The van der Waals surface area contributed by atoms with Crippen LogP contribution >= 0.6 is 0 Å². The van der Waals surface area contributed by atoms with Gasteiger partial charge in [-0.3, -0.25) is 5.41 Å². The molecule has 0 aliphatic rings. The first-order valence-corrected chi connectivity index (χ1v) is 6.08. The molecular formula is C15H16N4O. The molecule has 0 saturated carbocycles. The Morgan fingerprint density at radius 2 is 1.95 bits per heavy atom. The Bertz CT molecular complexity index is 620. The molecule has 5 heteroatoms. The van der Waals surface area contributed by atoms with E-state index in [0.717, 1.165) is 11.1 Å². The lowest BCUT2D eigenvalue weighted by Crippen LogP contribution is -2.10. The van der Waals surface area contributed by atoms with Crippen molar-refractivity contribution in [2.45, 2.75) is 6.61 Å². The number of rotatable bonds is 5. The van der Waals surface area contributed by atoms with E-state index in [1.54, 1.807) is 18.3 Å². The lowest BCUT2D eigenvalue weighted by Gasteiger charge is -2.08. The third-order valence-corrected chi connectivity index (χ3v) is 2.75. The van der Waals surface area contributed by atoms with Gasteiger partial charge in [0.05, 0.1) is 6.21 Å². The van der Waals surface area contributed by atoms with Gasteiger partial charge in [0.2, 0.25) is 0 Å². The topological polar surface area (TPSA) is 97.5 Å². The molecule has 0 radical (unpaired) electrons. The van der Waals surface area contributed by atoms with Crippen molar-refractivity contribution >= 4 is 12.1 Å². The van der Waals surface area contributed by atoms with Gasteiger partial charge < -0.3 is 16.3 Å². The van der Waals surface area contributed by atoms with E-state index in [1.165, 1.54) is 0 Å². The first kappa shape index (κ1) is 13.6. The number of nitrogens with two attached hydrogens (primary N) is 2. The molecule has 0 aliphatic carbocycles. The third-order valence-electron chi connectivity index (χ3n) is 2.75. The van der Waals surface area contributed by atoms with Crippen LogP contribution < -0.4 is 16.3 Å². The van der Waals surface area contributed by atoms with Crippen LogP contribution in [0.5, 0.6) is 5.75 Å². The summed E-state index contributed by atoms with van der Waals surface area (Å²) in [6.07, 6.45) is 1.58. The predicted octanol–water partition coefficient (Wildman–Crippen LogP) is 1.84. The van der Waals surface area contributed by atoms with Gasteiger partial charge >= 0.3 is 0 Å². The van der Waals surface area contributed by atoms with Gasteiger partial charge in [-0.1, -0.05) is 36.4 Å². The van der Waals surface area contributed by atoms with Crippen LogP contribution in [0.3, 0.4) is 0 Å². The van der Waals surface area contributed by atoms with Gasteiger partial charge in [0, 0.05) is 5.56 Å². The molecule has 2 rings (SSSR count). The Kier molecular flexibility index (Phi) is 4.34. The Balaban J connectivity index is 2.01. The lowest BCUT2D eigenvalue weighted by atomic mass is 10.1. The van der Waals surface area contributed by atoms with Crippen molar-refractivity contribution in [3.8, 4) is 5.75 Å². The molecule has 20 heavy (non-hydrogen) atoms. The Morgan fingerprint density at radius 3 is 2.60 bits per heavy atom. The molecule has 0 aromatic heterocycles. The van der Waals surface area contributed by atoms with E-state index in [0.29, 0.717) is 17.9 Å². The number of hydrogen-bond donors (Lipinski definition) is 3. The van der Waals surface area contributed by atoms with Gasteiger partial charge in [-0.25, -0.2) is 0 Å². The number of nitrogens with one attached hydrogen (secondary N) is 1. The highest BCUT2D eigenvalue weighted by Crippen LogP contribution is 2.15. The van der Waals surface area contributed by atoms with Crippen LogP contribution in [-0.2, 0) is 6.61 Å². The number of hydrazone groups is 1. The molecule has 0 atom stereocenters. The average Bonchev–Trinajstić information content (AvgIpc) is 2.47. The molecule has 2 aromatic rings. The molecule has 0 spiro atoms. The molecule has 0 amide bonds. The molecule has 0 fully saturated rings. The van der Waals surface area contributed by atoms with Crippen LogP contribution in [0.4, 0.5) is 0 Å². The van der Waals surface area contributed by atoms with Crippen molar-refractivity contribution in [3.05, 3.63) is 65.2 Å². The summed E-state index contributed by atoms with van der Waals surface area (Å²) >= 11 is 0. The van der Waals surface area contributed by atoms with E-state index in [9.17, 15) is 0 Å². The van der Waals surface area contributed by atoms with Crippen LogP contribution in [0.1, 0.15) is 16.7 Å². The standard InChI is InChI=1S/C15H16N4O/c16-15(17)13-2-1-3-14(8-13)20-10-12-6-4-11(5-7-12)9-19-18/h1-9H,10,18H2,(H3,16,17). The molecule has 0 heterocycles. The van der Waals surface area contributed by atoms with E-state index in [1.807, 2.05) is 36.4 Å². The molecule has 0 aliphatic heterocycles. The molecule has 102 valence electrons. The average molecular weight is 268 g/mol. The minimum atomic E-state index is 0.0286. The normalized spacial score (nSPS) is 10.6. The fourth-order valence-electron chi connectivity index (χ4n) is 1.71. The number of ether oxygens (including phenoxy) is 1. The Hall–Kier alpha value is -2.82. The highest BCUT2D eigenvalue weighted by Gasteiger charge is 2.00. The predicted molar refractivity (Wildman–Crippen MR) is 80.0 cm³/mol. The first-order valence-electron chi connectivity index (χ1n) is 6.08. The molecule has 0 saturated heterocycles. The quantitative estimate of drug-likeness (QED) is 0.334. The van der Waals surface area contributed by atoms with E-state index in [4.69, 9.17) is 21.7 Å². The van der Waals surface area contributed by atoms with Gasteiger partial charge in [-0.05, 0) is 23.3 Å². The summed E-state index contributed by atoms with van der Waals surface area (Å²) in [5.74, 6) is 5.80. The summed E-state index contributed by atoms with van der Waals surface area (Å²) in [6.45, 7) is 0.446. The van der Waals surface area contributed by atoms with E-state index in [-0.39, 0.29) is 5.84 Å². The Morgan fingerprint density at radius 1 is 1.20 bits per heavy atom. The summed E-state index contributed by atoms with van der Waals surface area (Å²) in [7, 11) is 0. The van der Waals surface area contributed by atoms with Gasteiger partial charge in [-0.15, -0.1) is 0 Å². The highest BCUT2D eigenvalue weighted by atomic mass is 16.5. The van der Waals surface area contributed by atoms with Crippen molar-refractivity contribution in [1.82, 2.24) is 0 Å². The maximum absolute atomic E-state index is 7.39. The number of nitrogens with zero attached hydrogens (tertiary/aromatic N) is 1. The van der Waals surface area contributed by atoms with Gasteiger partial charge in [-0.2, -0.15) is 5.10 Å². The SMILES string of the molecule is N=C(N)c1cccc(OCc2ccc(C=NN)cc2)c1. The second-order valence-corrected chi connectivity index (χ2v) is 4.25. The number of benzene rings is 2. The van der Waals surface area contributed by atoms with Crippen LogP contribution in [0, 0.1) is 5.41 Å². The summed E-state index contributed by atoms with van der Waals surface area (Å²) in [5, 5.41) is 10.9. The molecule has 5 N–H and O–H groups in total. The summed E-state index contributed by atoms with van der Waals surface area (Å²) < 4.78 is 5.67. The summed E-state index contributed by atoms with van der Waals surface area (Å²) in [4.78, 5) is 0. The zero-order valence-corrected chi connectivity index (χ0v) is 10.9. The fourth-order valence-corrected chi connectivity index (χ4v) is 1.71. The monoisotopic (exact) mass is 268 g/mol. The largest absolute Gasteiger partial charge is 0.489 e. The zero-order chi connectivity index (χ0) is 14.4. The molecule has 2 aromatic carbocycles. The molecule has 5 nitrogen and oxygen atoms in total. The van der Waals surface area contributed by atoms with Gasteiger partial charge in [0.25, 0.3) is 0 Å². The van der Waals surface area contributed by atoms with Crippen LogP contribution in [0.15, 0.2) is 53.6 Å². The smallest absolute Gasteiger partial charge is 0.122 e. The van der Waals surface area contributed by atoms with Crippen molar-refractivity contribution < 1.29 is 4.74 Å². The van der Waals surface area contributed by atoms with E-state index < -0.39 is 0 Å². The molecular weight excluding hydrogens is 252 g/mol. The summed E-state index contributed by atoms with van der Waals surface area (Å²) in [6, 6.07) is 14.9. The number of amidine groups is 1. The van der Waals surface area contributed by atoms with Crippen molar-refractivity contribution in [1.29, 1.82) is 5.41 Å². The zero-order valence-electron chi connectivity index (χ0n) is 10.9. The van der Waals surface area contributed by atoms with Crippen LogP contribution in [0.2, 0.25) is 0 Å². The summed E-state index contributed by atoms with van der Waals surface area (Å²) in [5.41, 5.74) is 8.06. The van der Waals surface area contributed by atoms with Gasteiger partial charge in [0.1, 0.15) is 18.2 Å². The van der Waals surface area contributed by atoms with E-state index in [2.05, 4.69) is 5.10 Å². The molecule has 0 unspecified atom stereocenters. The Labute approximate surface area is 117 Å². The second kappa shape index (κ2) is 6.38. The maximum Gasteiger partial charge on any atom is 0.122 e. The highest BCUT2D eigenvalue weighted by molar-refractivity contribution is 5.95. The number of hydrogen-bond acceptors (Lipinski definition) is 4. The minimum absolute atomic E-state index is 0.0286. The van der Waals surface area contributed by atoms with Crippen LogP contribution in [-0.4, -0.2) is 12.1 Å². The molecule has 0 bridgehead atoms. The van der Waals surface area contributed by atoms with Crippen molar-refractivity contribution in [3.63, 3.8) is 0 Å². The number of nitrogen functional groups attached to an aromatic ring is 1. The fraction of sp³-hybridized carbons (Fsp3) is 0.0667. The lowest BCUT2D eigenvalue weighted by molar-refractivity contribution is 0.306. The third kappa shape index (κ3) is 3.58. The van der Waals surface area contributed by atoms with Crippen molar-refractivity contribution in [2.24, 2.45) is 16.7 Å². The first-order chi connectivity index (χ1) is 9.69.